The van der Waals surface area contributed by atoms with Crippen molar-refractivity contribution in [3.05, 3.63) is 62.9 Å². The number of fused-ring (bicyclic) bond motifs is 1. The van der Waals surface area contributed by atoms with Crippen LogP contribution in [-0.4, -0.2) is 10.3 Å². The van der Waals surface area contributed by atoms with Crippen LogP contribution in [0.1, 0.15) is 12.5 Å². The van der Waals surface area contributed by atoms with Crippen LogP contribution in [0.15, 0.2) is 52.7 Å². The maximum Gasteiger partial charge on any atom is 0.211 e. The van der Waals surface area contributed by atoms with E-state index in [2.05, 4.69) is 22.3 Å². The van der Waals surface area contributed by atoms with Gasteiger partial charge in [0.25, 0.3) is 0 Å². The first-order valence-corrected chi connectivity index (χ1v) is 8.22. The van der Waals surface area contributed by atoms with Crippen LogP contribution in [0.5, 0.6) is 0 Å². The Labute approximate surface area is 142 Å². The summed E-state index contributed by atoms with van der Waals surface area (Å²) in [6.45, 7) is 1.90. The van der Waals surface area contributed by atoms with Crippen LogP contribution >= 0.6 is 34.5 Å². The second-order valence-corrected chi connectivity index (χ2v) is 6.65. The molecule has 3 rings (SSSR count). The Hall–Kier alpha value is -1.62. The van der Waals surface area contributed by atoms with Crippen molar-refractivity contribution < 1.29 is 0 Å². The highest BCUT2D eigenvalue weighted by molar-refractivity contribution is 7.16. The molecular formula is C16H13Cl2N3S. The fourth-order valence-corrected chi connectivity index (χ4v) is 3.34. The molecule has 0 amide bonds. The second-order valence-electron chi connectivity index (χ2n) is 4.83. The van der Waals surface area contributed by atoms with Crippen molar-refractivity contribution >= 4 is 50.5 Å². The third-order valence-electron chi connectivity index (χ3n) is 3.34. The highest BCUT2D eigenvalue weighted by Crippen LogP contribution is 2.23. The lowest BCUT2D eigenvalue weighted by molar-refractivity contribution is 0.888. The molecule has 0 radical (unpaired) electrons. The van der Waals surface area contributed by atoms with Crippen molar-refractivity contribution in [3.63, 3.8) is 0 Å². The normalized spacial score (nSPS) is 13.1. The fraction of sp³-hybridized carbons (Fsp3) is 0.125. The van der Waals surface area contributed by atoms with Gasteiger partial charge in [0.1, 0.15) is 0 Å². The van der Waals surface area contributed by atoms with Gasteiger partial charge in [0.2, 0.25) is 4.80 Å². The second kappa shape index (κ2) is 6.24. The van der Waals surface area contributed by atoms with Crippen LogP contribution in [0.25, 0.3) is 10.2 Å². The topological polar surface area (TPSA) is 29.6 Å². The summed E-state index contributed by atoms with van der Waals surface area (Å²) >= 11 is 13.6. The van der Waals surface area contributed by atoms with Crippen molar-refractivity contribution in [2.45, 2.75) is 6.92 Å². The predicted molar refractivity (Wildman–Crippen MR) is 95.0 cm³/mol. The lowest BCUT2D eigenvalue weighted by Gasteiger charge is -2.00. The largest absolute Gasteiger partial charge is 0.318 e. The zero-order valence-electron chi connectivity index (χ0n) is 12.0. The van der Waals surface area contributed by atoms with Crippen LogP contribution in [-0.2, 0) is 7.05 Å². The zero-order valence-corrected chi connectivity index (χ0v) is 14.4. The lowest BCUT2D eigenvalue weighted by atomic mass is 10.1. The number of nitrogens with zero attached hydrogens (tertiary/aromatic N) is 3. The summed E-state index contributed by atoms with van der Waals surface area (Å²) in [5.74, 6) is 0. The van der Waals surface area contributed by atoms with Crippen molar-refractivity contribution in [2.75, 3.05) is 0 Å². The number of hydrogen-bond donors (Lipinski definition) is 0. The van der Waals surface area contributed by atoms with Gasteiger partial charge < -0.3 is 4.57 Å². The first kappa shape index (κ1) is 15.3. The van der Waals surface area contributed by atoms with Gasteiger partial charge >= 0.3 is 0 Å². The van der Waals surface area contributed by atoms with Crippen LogP contribution < -0.4 is 4.80 Å². The summed E-state index contributed by atoms with van der Waals surface area (Å²) in [6.07, 6.45) is 0. The van der Waals surface area contributed by atoms with Gasteiger partial charge in [0.05, 0.1) is 26.0 Å². The minimum absolute atomic E-state index is 0.515. The molecule has 0 saturated heterocycles. The van der Waals surface area contributed by atoms with E-state index in [-0.39, 0.29) is 0 Å². The third kappa shape index (κ3) is 2.95. The van der Waals surface area contributed by atoms with Gasteiger partial charge in [-0.3, -0.25) is 0 Å². The van der Waals surface area contributed by atoms with Crippen LogP contribution in [0.3, 0.4) is 0 Å². The summed E-state index contributed by atoms with van der Waals surface area (Å²) in [5.41, 5.74) is 2.84. The SMILES string of the molecule is C/C(=N\N=c1\sc2ccccc2n1C)c1ccc(Cl)c(Cl)c1. The number of aromatic nitrogens is 1. The highest BCUT2D eigenvalue weighted by atomic mass is 35.5. The van der Waals surface area contributed by atoms with Gasteiger partial charge in [-0.05, 0) is 36.8 Å². The maximum absolute atomic E-state index is 6.03. The molecule has 0 aliphatic carbocycles. The number of hydrogen-bond acceptors (Lipinski definition) is 3. The molecule has 0 atom stereocenters. The van der Waals surface area contributed by atoms with Gasteiger partial charge in [0, 0.05) is 7.05 Å². The Morgan fingerprint density at radius 1 is 1.09 bits per heavy atom. The monoisotopic (exact) mass is 349 g/mol. The number of halogens is 2. The quantitative estimate of drug-likeness (QED) is 0.466. The third-order valence-corrected chi connectivity index (χ3v) is 5.18. The molecule has 0 spiro atoms. The van der Waals surface area contributed by atoms with Crippen molar-refractivity contribution in [3.8, 4) is 0 Å². The number of thiazole rings is 1. The van der Waals surface area contributed by atoms with Gasteiger partial charge in [0.15, 0.2) is 0 Å². The molecule has 0 N–H and O–H groups in total. The van der Waals surface area contributed by atoms with Crippen LogP contribution in [0.2, 0.25) is 10.0 Å². The Morgan fingerprint density at radius 3 is 2.59 bits per heavy atom. The average Bonchev–Trinajstić information content (AvgIpc) is 2.84. The Balaban J connectivity index is 2.03. The summed E-state index contributed by atoms with van der Waals surface area (Å²) in [5, 5.41) is 9.73. The zero-order chi connectivity index (χ0) is 15.7. The molecule has 2 aromatic carbocycles. The van der Waals surface area contributed by atoms with Crippen molar-refractivity contribution in [1.82, 2.24) is 4.57 Å². The standard InChI is InChI=1S/C16H13Cl2N3S/c1-10(11-7-8-12(17)13(18)9-11)19-20-16-21(2)14-5-3-4-6-15(14)22-16/h3-9H,1-2H3/b19-10+,20-16+. The molecule has 3 nitrogen and oxygen atoms in total. The molecule has 0 aliphatic heterocycles. The minimum Gasteiger partial charge on any atom is -0.318 e. The first-order chi connectivity index (χ1) is 10.6. The number of para-hydroxylation sites is 1. The smallest absolute Gasteiger partial charge is 0.211 e. The minimum atomic E-state index is 0.515. The van der Waals surface area contributed by atoms with E-state index in [0.717, 1.165) is 21.6 Å². The average molecular weight is 350 g/mol. The fourth-order valence-electron chi connectivity index (χ4n) is 2.07. The first-order valence-electron chi connectivity index (χ1n) is 6.64. The van der Waals surface area contributed by atoms with E-state index < -0.39 is 0 Å². The summed E-state index contributed by atoms with van der Waals surface area (Å²) in [7, 11) is 1.99. The molecule has 1 heterocycles. The highest BCUT2D eigenvalue weighted by Gasteiger charge is 2.03. The molecule has 3 aromatic rings. The summed E-state index contributed by atoms with van der Waals surface area (Å²) in [6, 6.07) is 13.6. The molecule has 112 valence electrons. The predicted octanol–water partition coefficient (Wildman–Crippen LogP) is 4.87. The Kier molecular flexibility index (Phi) is 4.34. The summed E-state index contributed by atoms with van der Waals surface area (Å²) < 4.78 is 3.22. The number of benzene rings is 2. The molecular weight excluding hydrogens is 337 g/mol. The van der Waals surface area contributed by atoms with Gasteiger partial charge in [-0.25, -0.2) is 0 Å². The Bertz CT molecular complexity index is 938. The lowest BCUT2D eigenvalue weighted by Crippen LogP contribution is -2.09. The van der Waals surface area contributed by atoms with E-state index in [9.17, 15) is 0 Å². The molecule has 22 heavy (non-hydrogen) atoms. The molecule has 0 bridgehead atoms. The molecule has 0 saturated carbocycles. The number of aryl methyl sites for hydroxylation is 1. The van der Waals surface area contributed by atoms with E-state index in [1.54, 1.807) is 23.5 Å². The molecule has 0 aliphatic rings. The molecule has 1 aromatic heterocycles. The molecule has 0 fully saturated rings. The van der Waals surface area contributed by atoms with Crippen LogP contribution in [0.4, 0.5) is 0 Å². The summed E-state index contributed by atoms with van der Waals surface area (Å²) in [4.78, 5) is 0.848. The van der Waals surface area contributed by atoms with E-state index in [1.807, 2.05) is 36.7 Å². The van der Waals surface area contributed by atoms with Crippen molar-refractivity contribution in [1.29, 1.82) is 0 Å². The van der Waals surface area contributed by atoms with E-state index in [0.29, 0.717) is 10.0 Å². The van der Waals surface area contributed by atoms with Gasteiger partial charge in [-0.1, -0.05) is 52.7 Å². The van der Waals surface area contributed by atoms with E-state index >= 15 is 0 Å². The maximum atomic E-state index is 6.03. The van der Waals surface area contributed by atoms with Gasteiger partial charge in [-0.15, -0.1) is 5.10 Å². The van der Waals surface area contributed by atoms with E-state index in [4.69, 9.17) is 23.2 Å². The number of rotatable bonds is 2. The van der Waals surface area contributed by atoms with E-state index in [1.165, 1.54) is 4.70 Å². The van der Waals surface area contributed by atoms with Crippen molar-refractivity contribution in [2.24, 2.45) is 17.3 Å². The Morgan fingerprint density at radius 2 is 1.86 bits per heavy atom. The molecule has 6 heteroatoms. The molecule has 0 unspecified atom stereocenters. The van der Waals surface area contributed by atoms with Crippen LogP contribution in [0, 0.1) is 0 Å². The van der Waals surface area contributed by atoms with Gasteiger partial charge in [-0.2, -0.15) is 5.10 Å².